The number of thiazole rings is 1. The first-order chi connectivity index (χ1) is 8.40. The van der Waals surface area contributed by atoms with E-state index in [4.69, 9.17) is 11.6 Å². The van der Waals surface area contributed by atoms with Crippen LogP contribution in [-0.2, 0) is 10.0 Å². The number of aryl methyl sites for hydroxylation is 1. The number of nitrogens with zero attached hydrogens (tertiary/aromatic N) is 1. The van der Waals surface area contributed by atoms with Gasteiger partial charge in [0.15, 0.2) is 8.68 Å². The predicted octanol–water partition coefficient (Wildman–Crippen LogP) is 2.96. The minimum absolute atomic E-state index is 0.0298. The van der Waals surface area contributed by atoms with E-state index in [-0.39, 0.29) is 14.7 Å². The van der Waals surface area contributed by atoms with Crippen LogP contribution in [0, 0.1) is 12.8 Å². The van der Waals surface area contributed by atoms with Crippen molar-refractivity contribution in [2.24, 2.45) is 5.92 Å². The molecule has 0 bridgehead atoms. The summed E-state index contributed by atoms with van der Waals surface area (Å²) < 4.78 is 27.7. The van der Waals surface area contributed by atoms with E-state index in [0.717, 1.165) is 24.2 Å². The van der Waals surface area contributed by atoms with Crippen LogP contribution in [0.4, 0.5) is 0 Å². The molecule has 0 aromatic carbocycles. The second-order valence-electron chi connectivity index (χ2n) is 4.79. The molecular weight excluding hydrogens is 292 g/mol. The summed E-state index contributed by atoms with van der Waals surface area (Å²) in [7, 11) is -3.49. The molecule has 7 heteroatoms. The van der Waals surface area contributed by atoms with E-state index in [0.29, 0.717) is 11.6 Å². The zero-order chi connectivity index (χ0) is 13.3. The van der Waals surface area contributed by atoms with Crippen LogP contribution in [0.5, 0.6) is 0 Å². The Balaban J connectivity index is 2.14. The number of hydrogen-bond acceptors (Lipinski definition) is 4. The first kappa shape index (κ1) is 14.2. The van der Waals surface area contributed by atoms with Crippen molar-refractivity contribution >= 4 is 33.0 Å². The smallest absolute Gasteiger partial charge is 0.229 e. The molecule has 1 saturated carbocycles. The summed E-state index contributed by atoms with van der Waals surface area (Å²) >= 11 is 6.76. The zero-order valence-corrected chi connectivity index (χ0v) is 12.8. The van der Waals surface area contributed by atoms with E-state index in [1.54, 1.807) is 6.92 Å². The lowest BCUT2D eigenvalue weighted by molar-refractivity contribution is 0.424. The molecule has 2 rings (SSSR count). The summed E-state index contributed by atoms with van der Waals surface area (Å²) in [5.41, 5.74) is 0.469. The average Bonchev–Trinajstić information content (AvgIpc) is 2.86. The monoisotopic (exact) mass is 308 g/mol. The molecule has 18 heavy (non-hydrogen) atoms. The Labute approximate surface area is 117 Å². The van der Waals surface area contributed by atoms with Gasteiger partial charge in [-0.2, -0.15) is 0 Å². The Morgan fingerprint density at radius 3 is 2.56 bits per heavy atom. The number of halogens is 1. The van der Waals surface area contributed by atoms with Crippen molar-refractivity contribution < 1.29 is 8.42 Å². The molecule has 4 nitrogen and oxygen atoms in total. The van der Waals surface area contributed by atoms with Crippen molar-refractivity contribution in [1.29, 1.82) is 0 Å². The quantitative estimate of drug-likeness (QED) is 0.930. The highest BCUT2D eigenvalue weighted by atomic mass is 35.5. The van der Waals surface area contributed by atoms with Crippen LogP contribution in [0.3, 0.4) is 0 Å². The molecule has 102 valence electrons. The summed E-state index contributed by atoms with van der Waals surface area (Å²) in [6.45, 7) is 3.60. The van der Waals surface area contributed by atoms with Crippen molar-refractivity contribution in [3.05, 3.63) is 10.2 Å². The Kier molecular flexibility index (Phi) is 4.31. The van der Waals surface area contributed by atoms with Gasteiger partial charge >= 0.3 is 0 Å². The average molecular weight is 309 g/mol. The highest BCUT2D eigenvalue weighted by molar-refractivity contribution is 7.91. The van der Waals surface area contributed by atoms with E-state index < -0.39 is 10.0 Å². The van der Waals surface area contributed by atoms with Gasteiger partial charge in [-0.25, -0.2) is 18.1 Å². The van der Waals surface area contributed by atoms with E-state index in [1.165, 1.54) is 12.8 Å². The van der Waals surface area contributed by atoms with Gasteiger partial charge in [-0.15, -0.1) is 0 Å². The van der Waals surface area contributed by atoms with E-state index in [2.05, 4.69) is 9.71 Å². The van der Waals surface area contributed by atoms with Crippen molar-refractivity contribution in [2.45, 2.75) is 49.8 Å². The fourth-order valence-corrected chi connectivity index (χ4v) is 5.52. The van der Waals surface area contributed by atoms with Gasteiger partial charge in [0.05, 0.1) is 5.69 Å². The second kappa shape index (κ2) is 5.45. The first-order valence-electron chi connectivity index (χ1n) is 6.05. The largest absolute Gasteiger partial charge is 0.252 e. The SMILES string of the molecule is Cc1nc(Cl)sc1S(=O)(=O)NC(C)C1CCCC1. The number of rotatable bonds is 4. The topological polar surface area (TPSA) is 59.1 Å². The molecule has 1 atom stereocenters. The second-order valence-corrected chi connectivity index (χ2v) is 8.28. The zero-order valence-electron chi connectivity index (χ0n) is 10.4. The molecule has 1 N–H and O–H groups in total. The Hall–Kier alpha value is -0.170. The van der Waals surface area contributed by atoms with Crippen molar-refractivity contribution in [3.63, 3.8) is 0 Å². The van der Waals surface area contributed by atoms with E-state index >= 15 is 0 Å². The lowest BCUT2D eigenvalue weighted by Crippen LogP contribution is -2.37. The summed E-state index contributed by atoms with van der Waals surface area (Å²) in [4.78, 5) is 3.95. The van der Waals surface area contributed by atoms with Crippen LogP contribution in [-0.4, -0.2) is 19.4 Å². The molecule has 0 amide bonds. The molecule has 0 saturated heterocycles. The molecule has 1 fully saturated rings. The van der Waals surface area contributed by atoms with Crippen LogP contribution in [0.1, 0.15) is 38.3 Å². The number of hydrogen-bond donors (Lipinski definition) is 1. The molecule has 1 aliphatic rings. The fraction of sp³-hybridized carbons (Fsp3) is 0.727. The Morgan fingerprint density at radius 1 is 1.44 bits per heavy atom. The number of sulfonamides is 1. The minimum atomic E-state index is -3.49. The van der Waals surface area contributed by atoms with Crippen molar-refractivity contribution in [3.8, 4) is 0 Å². The van der Waals surface area contributed by atoms with E-state index in [1.807, 2.05) is 6.92 Å². The predicted molar refractivity (Wildman–Crippen MR) is 73.6 cm³/mol. The molecule has 1 aromatic rings. The number of aromatic nitrogens is 1. The van der Waals surface area contributed by atoms with Gasteiger partial charge in [0.2, 0.25) is 0 Å². The molecule has 1 heterocycles. The maximum absolute atomic E-state index is 12.2. The molecule has 1 aliphatic carbocycles. The van der Waals surface area contributed by atoms with Gasteiger partial charge in [0.1, 0.15) is 0 Å². The van der Waals surface area contributed by atoms with Gasteiger partial charge < -0.3 is 0 Å². The molecule has 0 spiro atoms. The molecule has 0 radical (unpaired) electrons. The lowest BCUT2D eigenvalue weighted by atomic mass is 10.0. The molecule has 0 aliphatic heterocycles. The van der Waals surface area contributed by atoms with Crippen LogP contribution < -0.4 is 4.72 Å². The third kappa shape index (κ3) is 3.04. The summed E-state index contributed by atoms with van der Waals surface area (Å²) in [6, 6.07) is -0.0298. The van der Waals surface area contributed by atoms with Crippen LogP contribution in [0.2, 0.25) is 4.47 Å². The molecule has 1 unspecified atom stereocenters. The van der Waals surface area contributed by atoms with Crippen LogP contribution >= 0.6 is 22.9 Å². The van der Waals surface area contributed by atoms with Crippen molar-refractivity contribution in [2.75, 3.05) is 0 Å². The fourth-order valence-electron chi connectivity index (χ4n) is 2.45. The summed E-state index contributed by atoms with van der Waals surface area (Å²) in [5.74, 6) is 0.448. The highest BCUT2D eigenvalue weighted by Crippen LogP contribution is 2.30. The molecule has 1 aromatic heterocycles. The summed E-state index contributed by atoms with van der Waals surface area (Å²) in [6.07, 6.45) is 4.60. The third-order valence-corrected chi connectivity index (χ3v) is 6.85. The van der Waals surface area contributed by atoms with Crippen LogP contribution in [0.15, 0.2) is 4.21 Å². The third-order valence-electron chi connectivity index (χ3n) is 3.42. The van der Waals surface area contributed by atoms with E-state index in [9.17, 15) is 8.42 Å². The van der Waals surface area contributed by atoms with Gasteiger partial charge in [0, 0.05) is 6.04 Å². The number of nitrogens with one attached hydrogen (secondary N) is 1. The maximum atomic E-state index is 12.2. The van der Waals surface area contributed by atoms with Gasteiger partial charge in [-0.1, -0.05) is 35.8 Å². The standard InChI is InChI=1S/C11H17ClN2O2S2/c1-7(9-5-3-4-6-9)14-18(15,16)10-8(2)13-11(12)17-10/h7,9,14H,3-6H2,1-2H3. The van der Waals surface area contributed by atoms with Gasteiger partial charge in [-0.05, 0) is 32.6 Å². The van der Waals surface area contributed by atoms with Gasteiger partial charge in [0.25, 0.3) is 10.0 Å². The highest BCUT2D eigenvalue weighted by Gasteiger charge is 2.28. The maximum Gasteiger partial charge on any atom is 0.252 e. The van der Waals surface area contributed by atoms with Crippen LogP contribution in [0.25, 0.3) is 0 Å². The van der Waals surface area contributed by atoms with Gasteiger partial charge in [-0.3, -0.25) is 0 Å². The van der Waals surface area contributed by atoms with Crippen molar-refractivity contribution in [1.82, 2.24) is 9.71 Å². The normalized spacial score (nSPS) is 19.3. The Bertz CT molecular complexity index is 521. The first-order valence-corrected chi connectivity index (χ1v) is 8.73. The molecular formula is C11H17ClN2O2S2. The lowest BCUT2D eigenvalue weighted by Gasteiger charge is -2.19. The minimum Gasteiger partial charge on any atom is -0.229 e. The summed E-state index contributed by atoms with van der Waals surface area (Å²) in [5, 5.41) is 0. The Morgan fingerprint density at radius 2 is 2.06 bits per heavy atom.